The highest BCUT2D eigenvalue weighted by Gasteiger charge is 2.30. The van der Waals surface area contributed by atoms with Crippen LogP contribution in [0.2, 0.25) is 5.02 Å². The fourth-order valence-corrected chi connectivity index (χ4v) is 2.22. The van der Waals surface area contributed by atoms with E-state index in [0.29, 0.717) is 16.7 Å². The van der Waals surface area contributed by atoms with Gasteiger partial charge < -0.3 is 5.11 Å². The Balaban J connectivity index is 2.50. The van der Waals surface area contributed by atoms with Crippen molar-refractivity contribution in [3.63, 3.8) is 0 Å². The molecule has 0 aliphatic carbocycles. The van der Waals surface area contributed by atoms with E-state index in [-0.39, 0.29) is 5.02 Å². The lowest BCUT2D eigenvalue weighted by atomic mass is 10.0. The van der Waals surface area contributed by atoms with Crippen LogP contribution in [0.15, 0.2) is 48.5 Å². The van der Waals surface area contributed by atoms with Gasteiger partial charge in [0, 0.05) is 11.6 Å². The predicted octanol–water partition coefficient (Wildman–Crippen LogP) is 5.12. The predicted molar refractivity (Wildman–Crippen MR) is 78.6 cm³/mol. The third-order valence-corrected chi connectivity index (χ3v) is 3.36. The van der Waals surface area contributed by atoms with Crippen molar-refractivity contribution in [3.8, 4) is 11.1 Å². The average Bonchev–Trinajstić information content (AvgIpc) is 2.45. The number of rotatable bonds is 3. The summed E-state index contributed by atoms with van der Waals surface area (Å²) in [4.78, 5) is 10.5. The highest BCUT2D eigenvalue weighted by Crippen LogP contribution is 2.35. The Bertz CT molecular complexity index is 736. The molecule has 0 spiro atoms. The SMILES string of the molecule is O=C(O)/C=C/c1cccc(-c2cccc(C(F)(F)F)c2)c1Cl. The van der Waals surface area contributed by atoms with Gasteiger partial charge in [-0.25, -0.2) is 4.79 Å². The molecule has 0 fully saturated rings. The number of carboxylic acids is 1. The van der Waals surface area contributed by atoms with Crippen LogP contribution in [0.3, 0.4) is 0 Å². The Kier molecular flexibility index (Phi) is 4.56. The van der Waals surface area contributed by atoms with E-state index in [4.69, 9.17) is 16.7 Å². The van der Waals surface area contributed by atoms with Crippen LogP contribution in [0.5, 0.6) is 0 Å². The van der Waals surface area contributed by atoms with Crippen molar-refractivity contribution in [2.45, 2.75) is 6.18 Å². The zero-order valence-electron chi connectivity index (χ0n) is 11.1. The van der Waals surface area contributed by atoms with E-state index in [1.165, 1.54) is 18.2 Å². The van der Waals surface area contributed by atoms with E-state index in [1.54, 1.807) is 18.2 Å². The molecule has 0 heterocycles. The molecule has 0 unspecified atom stereocenters. The minimum atomic E-state index is -4.44. The molecule has 0 saturated heterocycles. The molecule has 114 valence electrons. The Morgan fingerprint density at radius 2 is 1.82 bits per heavy atom. The van der Waals surface area contributed by atoms with Gasteiger partial charge in [0.25, 0.3) is 0 Å². The van der Waals surface area contributed by atoms with Gasteiger partial charge in [-0.1, -0.05) is 41.9 Å². The van der Waals surface area contributed by atoms with Gasteiger partial charge in [0.1, 0.15) is 0 Å². The van der Waals surface area contributed by atoms with Crippen molar-refractivity contribution in [1.29, 1.82) is 0 Å². The summed E-state index contributed by atoms with van der Waals surface area (Å²) in [7, 11) is 0. The second-order valence-corrected chi connectivity index (χ2v) is 4.84. The van der Waals surface area contributed by atoms with E-state index in [9.17, 15) is 18.0 Å². The van der Waals surface area contributed by atoms with Gasteiger partial charge in [0.2, 0.25) is 0 Å². The van der Waals surface area contributed by atoms with E-state index in [0.717, 1.165) is 18.2 Å². The van der Waals surface area contributed by atoms with Crippen LogP contribution in [0.25, 0.3) is 17.2 Å². The first-order valence-corrected chi connectivity index (χ1v) is 6.54. The fourth-order valence-electron chi connectivity index (χ4n) is 1.93. The Morgan fingerprint density at radius 3 is 2.45 bits per heavy atom. The van der Waals surface area contributed by atoms with Crippen LogP contribution in [-0.4, -0.2) is 11.1 Å². The molecule has 2 aromatic carbocycles. The van der Waals surface area contributed by atoms with Crippen LogP contribution < -0.4 is 0 Å². The Hall–Kier alpha value is -2.27. The molecule has 0 aromatic heterocycles. The van der Waals surface area contributed by atoms with Crippen molar-refractivity contribution in [2.75, 3.05) is 0 Å². The van der Waals surface area contributed by atoms with Gasteiger partial charge in [-0.05, 0) is 29.3 Å². The first-order valence-electron chi connectivity index (χ1n) is 6.16. The van der Waals surface area contributed by atoms with Gasteiger partial charge in [-0.15, -0.1) is 0 Å². The van der Waals surface area contributed by atoms with Crippen LogP contribution in [-0.2, 0) is 11.0 Å². The molecule has 0 atom stereocenters. The van der Waals surface area contributed by atoms with E-state index < -0.39 is 17.7 Å². The monoisotopic (exact) mass is 326 g/mol. The standard InChI is InChI=1S/C16H10ClF3O2/c17-15-10(7-8-14(21)22)3-2-6-13(15)11-4-1-5-12(9-11)16(18,19)20/h1-9H,(H,21,22)/b8-7+. The summed E-state index contributed by atoms with van der Waals surface area (Å²) < 4.78 is 38.3. The smallest absolute Gasteiger partial charge is 0.416 e. The summed E-state index contributed by atoms with van der Waals surface area (Å²) in [6.45, 7) is 0. The number of hydrogen-bond acceptors (Lipinski definition) is 1. The summed E-state index contributed by atoms with van der Waals surface area (Å²) in [5.74, 6) is -1.14. The highest BCUT2D eigenvalue weighted by atomic mass is 35.5. The fraction of sp³-hybridized carbons (Fsp3) is 0.0625. The van der Waals surface area contributed by atoms with Crippen LogP contribution >= 0.6 is 11.6 Å². The molecular weight excluding hydrogens is 317 g/mol. The average molecular weight is 327 g/mol. The Labute approximate surface area is 129 Å². The third kappa shape index (κ3) is 3.68. The van der Waals surface area contributed by atoms with E-state index >= 15 is 0 Å². The number of carbonyl (C=O) groups is 1. The summed E-state index contributed by atoms with van der Waals surface area (Å²) in [5.41, 5.74) is 0.359. The molecule has 0 radical (unpaired) electrons. The molecule has 0 amide bonds. The molecule has 2 rings (SSSR count). The number of benzene rings is 2. The van der Waals surface area contributed by atoms with Crippen molar-refractivity contribution in [3.05, 3.63) is 64.7 Å². The highest BCUT2D eigenvalue weighted by molar-refractivity contribution is 6.34. The Morgan fingerprint density at radius 1 is 1.14 bits per heavy atom. The van der Waals surface area contributed by atoms with Crippen molar-refractivity contribution in [2.24, 2.45) is 0 Å². The van der Waals surface area contributed by atoms with E-state index in [2.05, 4.69) is 0 Å². The molecule has 0 aliphatic rings. The van der Waals surface area contributed by atoms with Gasteiger partial charge in [0.15, 0.2) is 0 Å². The largest absolute Gasteiger partial charge is 0.478 e. The molecule has 2 aromatic rings. The lowest BCUT2D eigenvalue weighted by molar-refractivity contribution is -0.137. The van der Waals surface area contributed by atoms with Crippen molar-refractivity contribution < 1.29 is 23.1 Å². The number of hydrogen-bond donors (Lipinski definition) is 1. The van der Waals surface area contributed by atoms with Crippen LogP contribution in [0, 0.1) is 0 Å². The quantitative estimate of drug-likeness (QED) is 0.794. The molecule has 2 nitrogen and oxygen atoms in total. The first-order chi connectivity index (χ1) is 10.3. The molecule has 22 heavy (non-hydrogen) atoms. The van der Waals surface area contributed by atoms with Crippen molar-refractivity contribution in [1.82, 2.24) is 0 Å². The van der Waals surface area contributed by atoms with E-state index in [1.807, 2.05) is 0 Å². The molecular formula is C16H10ClF3O2. The maximum atomic E-state index is 12.8. The number of alkyl halides is 3. The maximum Gasteiger partial charge on any atom is 0.416 e. The summed E-state index contributed by atoms with van der Waals surface area (Å²) in [6, 6.07) is 9.56. The second kappa shape index (κ2) is 6.23. The molecule has 0 saturated carbocycles. The van der Waals surface area contributed by atoms with Crippen molar-refractivity contribution >= 4 is 23.6 Å². The van der Waals surface area contributed by atoms with Crippen LogP contribution in [0.1, 0.15) is 11.1 Å². The van der Waals surface area contributed by atoms with Gasteiger partial charge in [-0.2, -0.15) is 13.2 Å². The maximum absolute atomic E-state index is 12.8. The van der Waals surface area contributed by atoms with Gasteiger partial charge in [-0.3, -0.25) is 0 Å². The first kappa shape index (κ1) is 16.1. The topological polar surface area (TPSA) is 37.3 Å². The van der Waals surface area contributed by atoms with Crippen LogP contribution in [0.4, 0.5) is 13.2 Å². The zero-order chi connectivity index (χ0) is 16.3. The normalized spacial score (nSPS) is 11.8. The number of aliphatic carboxylic acids is 1. The second-order valence-electron chi connectivity index (χ2n) is 4.46. The number of carboxylic acid groups (broad SMARTS) is 1. The lowest BCUT2D eigenvalue weighted by Crippen LogP contribution is -2.04. The molecule has 0 bridgehead atoms. The lowest BCUT2D eigenvalue weighted by Gasteiger charge is -2.11. The minimum absolute atomic E-state index is 0.194. The number of halogens is 4. The summed E-state index contributed by atoms with van der Waals surface area (Å²) in [5, 5.41) is 8.82. The summed E-state index contributed by atoms with van der Waals surface area (Å²) >= 11 is 6.17. The molecule has 6 heteroatoms. The third-order valence-electron chi connectivity index (χ3n) is 2.93. The summed E-state index contributed by atoms with van der Waals surface area (Å²) in [6.07, 6.45) is -2.23. The molecule has 0 aliphatic heterocycles. The minimum Gasteiger partial charge on any atom is -0.478 e. The van der Waals surface area contributed by atoms with Gasteiger partial charge in [0.05, 0.1) is 10.6 Å². The molecule has 1 N–H and O–H groups in total. The zero-order valence-corrected chi connectivity index (χ0v) is 11.8. The van der Waals surface area contributed by atoms with Gasteiger partial charge >= 0.3 is 12.1 Å².